The maximum absolute atomic E-state index is 14.1. The van der Waals surface area contributed by atoms with E-state index >= 15 is 0 Å². The summed E-state index contributed by atoms with van der Waals surface area (Å²) < 4.78 is 82.4. The third kappa shape index (κ3) is 11.1. The average molecular weight is 985 g/mol. The van der Waals surface area contributed by atoms with Crippen molar-refractivity contribution in [3.63, 3.8) is 0 Å². The summed E-state index contributed by atoms with van der Waals surface area (Å²) in [6.45, 7) is 12.6. The van der Waals surface area contributed by atoms with Gasteiger partial charge in [0.25, 0.3) is 21.6 Å². The highest BCUT2D eigenvalue weighted by Crippen LogP contribution is 2.45. The van der Waals surface area contributed by atoms with Crippen LogP contribution in [-0.2, 0) is 20.9 Å². The monoisotopic (exact) mass is 984 g/mol. The summed E-state index contributed by atoms with van der Waals surface area (Å²) in [5.74, 6) is -0.613. The molecule has 1 aliphatic carbocycles. The van der Waals surface area contributed by atoms with Gasteiger partial charge < -0.3 is 29.6 Å². The van der Waals surface area contributed by atoms with Crippen molar-refractivity contribution in [2.45, 2.75) is 88.9 Å². The molecule has 0 radical (unpaired) electrons. The number of ether oxygens (including phenoxy) is 2. The Morgan fingerprint density at radius 1 is 0.971 bits per heavy atom. The number of hydrogen-bond donors (Lipinski definition) is 3. The number of sulfonamides is 1. The van der Waals surface area contributed by atoms with Crippen LogP contribution in [0.3, 0.4) is 0 Å². The zero-order valence-electron chi connectivity index (χ0n) is 39.6. The summed E-state index contributed by atoms with van der Waals surface area (Å²) in [5.41, 5.74) is 4.26. The number of piperazine rings is 1. The molecule has 0 unspecified atom stereocenters. The van der Waals surface area contributed by atoms with E-state index in [0.717, 1.165) is 99.5 Å². The number of H-pyrrole nitrogens is 1. The summed E-state index contributed by atoms with van der Waals surface area (Å²) in [6.07, 6.45) is 4.92. The van der Waals surface area contributed by atoms with Crippen LogP contribution in [-0.4, -0.2) is 110 Å². The number of piperidine rings is 1. The van der Waals surface area contributed by atoms with Crippen molar-refractivity contribution in [1.82, 2.24) is 24.5 Å². The highest BCUT2D eigenvalue weighted by molar-refractivity contribution is 7.90. The van der Waals surface area contributed by atoms with E-state index in [4.69, 9.17) is 9.47 Å². The molecule has 2 aromatic heterocycles. The van der Waals surface area contributed by atoms with Crippen molar-refractivity contribution in [2.24, 2.45) is 5.41 Å². The summed E-state index contributed by atoms with van der Waals surface area (Å²) in [5, 5.41) is 16.4. The number of anilines is 2. The second-order valence-corrected chi connectivity index (χ2v) is 21.4. The number of allylic oxidation sites excluding steroid dienone is 1. The third-order valence-electron chi connectivity index (χ3n) is 14.3. The minimum Gasteiger partial charge on any atom is -0.455 e. The molecule has 9 rings (SSSR count). The number of halogens is 3. The second kappa shape index (κ2) is 20.0. The molecule has 5 aromatic rings. The van der Waals surface area contributed by atoms with Crippen LogP contribution >= 0.6 is 0 Å². The summed E-state index contributed by atoms with van der Waals surface area (Å²) in [4.78, 5) is 39.7. The maximum Gasteiger partial charge on any atom is 0.416 e. The van der Waals surface area contributed by atoms with Crippen molar-refractivity contribution in [3.05, 3.63) is 117 Å². The maximum atomic E-state index is 14.1. The quantitative estimate of drug-likeness (QED) is 0.0754. The van der Waals surface area contributed by atoms with Gasteiger partial charge in [0.1, 0.15) is 22.8 Å². The van der Waals surface area contributed by atoms with Gasteiger partial charge in [0.2, 0.25) is 0 Å². The lowest BCUT2D eigenvalue weighted by atomic mass is 9.72. The number of alkyl halides is 3. The molecule has 0 spiro atoms. The molecule has 3 aliphatic heterocycles. The fourth-order valence-electron chi connectivity index (χ4n) is 10.4. The minimum absolute atomic E-state index is 0.00999. The van der Waals surface area contributed by atoms with Gasteiger partial charge in [0, 0.05) is 101 Å². The number of amides is 1. The van der Waals surface area contributed by atoms with Gasteiger partial charge in [-0.1, -0.05) is 25.5 Å². The number of fused-ring (bicyclic) bond motifs is 1. The van der Waals surface area contributed by atoms with Gasteiger partial charge in [-0.05, 0) is 123 Å². The van der Waals surface area contributed by atoms with E-state index < -0.39 is 43.2 Å². The molecule has 19 heteroatoms. The van der Waals surface area contributed by atoms with Crippen molar-refractivity contribution in [2.75, 3.05) is 69.2 Å². The van der Waals surface area contributed by atoms with Crippen molar-refractivity contribution >= 4 is 49.6 Å². The Morgan fingerprint density at radius 2 is 1.73 bits per heavy atom. The smallest absolute Gasteiger partial charge is 0.416 e. The van der Waals surface area contributed by atoms with E-state index in [2.05, 4.69) is 48.6 Å². The first-order chi connectivity index (χ1) is 33.4. The van der Waals surface area contributed by atoms with Crippen LogP contribution < -0.4 is 19.7 Å². The Bertz CT molecular complexity index is 2900. The lowest BCUT2D eigenvalue weighted by Crippen LogP contribution is -2.47. The van der Waals surface area contributed by atoms with Gasteiger partial charge in [-0.25, -0.2) is 18.1 Å². The highest BCUT2D eigenvalue weighted by atomic mass is 32.2. The third-order valence-corrected chi connectivity index (χ3v) is 15.7. The van der Waals surface area contributed by atoms with E-state index in [0.29, 0.717) is 55.7 Å². The van der Waals surface area contributed by atoms with E-state index in [1.807, 2.05) is 6.07 Å². The number of nitrogens with one attached hydrogen (secondary N) is 3. The van der Waals surface area contributed by atoms with Crippen LogP contribution in [0.25, 0.3) is 16.6 Å². The van der Waals surface area contributed by atoms with Crippen molar-refractivity contribution in [1.29, 1.82) is 0 Å². The zero-order chi connectivity index (χ0) is 49.4. The molecule has 3 saturated heterocycles. The number of aromatic amines is 1. The first kappa shape index (κ1) is 49.0. The number of aromatic nitrogens is 2. The van der Waals surface area contributed by atoms with Crippen molar-refractivity contribution < 1.29 is 40.8 Å². The molecule has 70 heavy (non-hydrogen) atoms. The molecule has 15 nitrogen and oxygen atoms in total. The van der Waals surface area contributed by atoms with Gasteiger partial charge in [-0.3, -0.25) is 19.8 Å². The summed E-state index contributed by atoms with van der Waals surface area (Å²) >= 11 is 0. The predicted octanol–water partition coefficient (Wildman–Crippen LogP) is 9.55. The van der Waals surface area contributed by atoms with Gasteiger partial charge in [-0.2, -0.15) is 13.2 Å². The molecule has 3 N–H and O–H groups in total. The number of nitrogens with zero attached hydrogens (tertiary/aromatic N) is 5. The van der Waals surface area contributed by atoms with Crippen LogP contribution in [0.1, 0.15) is 85.8 Å². The number of benzene rings is 3. The number of hydrogen-bond acceptors (Lipinski definition) is 12. The Labute approximate surface area is 405 Å². The SMILES string of the molecule is Cc1cc(C(F)(F)F)ccc1C1=C(CN2CCN(c3ccc(C(=O)NS(=O)(=O)c4ccc(NC5CCN(C6CCOCC6)CC5)c([N+](=O)[O-])c4)c(Oc4cnc5[nH]ccc5c4)c3)CC2)CCC(C)(C)C1. The number of rotatable bonds is 13. The van der Waals surface area contributed by atoms with Gasteiger partial charge in [0.15, 0.2) is 0 Å². The number of likely N-dealkylation sites (tertiary alicyclic amines) is 1. The molecule has 0 saturated carbocycles. The number of pyridine rings is 1. The number of carbonyl (C=O) groups is 1. The molecule has 0 bridgehead atoms. The van der Waals surface area contributed by atoms with E-state index in [1.54, 1.807) is 37.4 Å². The minimum atomic E-state index is -4.62. The predicted molar refractivity (Wildman–Crippen MR) is 262 cm³/mol. The molecule has 3 fully saturated rings. The van der Waals surface area contributed by atoms with E-state index in [-0.39, 0.29) is 28.5 Å². The zero-order valence-corrected chi connectivity index (χ0v) is 40.4. The number of carbonyl (C=O) groups excluding carboxylic acids is 1. The summed E-state index contributed by atoms with van der Waals surface area (Å²) in [7, 11) is -4.62. The Hall–Kier alpha value is -6.02. The van der Waals surface area contributed by atoms with E-state index in [9.17, 15) is 36.5 Å². The number of nitro groups is 1. The lowest BCUT2D eigenvalue weighted by molar-refractivity contribution is -0.384. The van der Waals surface area contributed by atoms with Crippen LogP contribution in [0, 0.1) is 22.5 Å². The molecule has 1 amide bonds. The first-order valence-corrected chi connectivity index (χ1v) is 25.4. The Kier molecular flexibility index (Phi) is 14.0. The largest absolute Gasteiger partial charge is 0.455 e. The standard InChI is InChI=1S/C51H59F3N8O7S/c1-33-26-36(51(52,53)54)4-7-42(33)44-30-50(2,3)16-10-35(44)32-59-20-22-61(23-21-59)39-5-8-43(47(28-39)69-40-27-34-11-17-55-48(34)56-31-40)49(63)58-70(66,67)41-6-9-45(46(29-41)62(64)65)57-37-12-18-60(19-13-37)38-14-24-68-25-15-38/h4-9,11,17,26-29,31,37-38,57H,10,12-16,18-25,30,32H2,1-3H3,(H,55,56)(H,58,63). The summed E-state index contributed by atoms with van der Waals surface area (Å²) in [6, 6.07) is 16.6. The van der Waals surface area contributed by atoms with Crippen LogP contribution in [0.15, 0.2) is 89.6 Å². The average Bonchev–Trinajstić information content (AvgIpc) is 3.80. The van der Waals surface area contributed by atoms with Crippen LogP contribution in [0.4, 0.5) is 30.2 Å². The Balaban J connectivity index is 0.908. The van der Waals surface area contributed by atoms with Gasteiger partial charge in [-0.15, -0.1) is 0 Å². The number of nitro benzene ring substituents is 1. The lowest BCUT2D eigenvalue weighted by Gasteiger charge is -2.39. The van der Waals surface area contributed by atoms with Crippen molar-refractivity contribution in [3.8, 4) is 11.5 Å². The van der Waals surface area contributed by atoms with E-state index in [1.165, 1.54) is 42.1 Å². The number of aryl methyl sites for hydroxylation is 1. The molecule has 5 heterocycles. The molecule has 0 atom stereocenters. The molecular weight excluding hydrogens is 926 g/mol. The molecule has 372 valence electrons. The first-order valence-electron chi connectivity index (χ1n) is 23.9. The highest BCUT2D eigenvalue weighted by Gasteiger charge is 2.34. The second-order valence-electron chi connectivity index (χ2n) is 19.8. The van der Waals surface area contributed by atoms with Crippen LogP contribution in [0.2, 0.25) is 0 Å². The van der Waals surface area contributed by atoms with Crippen LogP contribution in [0.5, 0.6) is 11.5 Å². The molecular formula is C51H59F3N8O7S. The molecule has 3 aromatic carbocycles. The Morgan fingerprint density at radius 3 is 2.44 bits per heavy atom. The topological polar surface area (TPSA) is 175 Å². The fraction of sp³-hybridized carbons (Fsp3) is 0.451. The van der Waals surface area contributed by atoms with Gasteiger partial charge >= 0.3 is 6.18 Å². The normalized spacial score (nSPS) is 19.1. The molecule has 4 aliphatic rings. The fourth-order valence-corrected chi connectivity index (χ4v) is 11.3. The van der Waals surface area contributed by atoms with Gasteiger partial charge in [0.05, 0.1) is 27.1 Å².